The van der Waals surface area contributed by atoms with Gasteiger partial charge in [0.2, 0.25) is 10.0 Å². The second-order valence-corrected chi connectivity index (χ2v) is 8.06. The molecule has 0 saturated carbocycles. The SMILES string of the molecule is O=C(O)C(F)(F)F.O=S(=O)(c1ccc(OC(F)F)cc1)N1CCOC2(CNC2)C1. The highest BCUT2D eigenvalue weighted by molar-refractivity contribution is 7.89. The molecular formula is C15H17F5N2O6S. The zero-order valence-electron chi connectivity index (χ0n) is 14.7. The van der Waals surface area contributed by atoms with Gasteiger partial charge in [-0.05, 0) is 24.3 Å². The number of hydrogen-bond donors (Lipinski definition) is 2. The van der Waals surface area contributed by atoms with Gasteiger partial charge < -0.3 is 19.9 Å². The van der Waals surface area contributed by atoms with Crippen LogP contribution in [0.5, 0.6) is 5.75 Å². The van der Waals surface area contributed by atoms with Crippen LogP contribution in [0, 0.1) is 0 Å². The van der Waals surface area contributed by atoms with Crippen LogP contribution in [-0.2, 0) is 19.6 Å². The number of morpholine rings is 1. The lowest BCUT2D eigenvalue weighted by Crippen LogP contribution is -2.69. The van der Waals surface area contributed by atoms with Crippen LogP contribution in [-0.4, -0.2) is 75.0 Å². The zero-order chi connectivity index (χ0) is 21.9. The third kappa shape index (κ3) is 5.98. The Hall–Kier alpha value is -2.03. The lowest BCUT2D eigenvalue weighted by Gasteiger charge is -2.48. The molecular weight excluding hydrogens is 431 g/mol. The van der Waals surface area contributed by atoms with E-state index < -0.39 is 34.4 Å². The molecule has 1 aromatic rings. The summed E-state index contributed by atoms with van der Waals surface area (Å²) in [5.41, 5.74) is -0.440. The molecule has 3 rings (SSSR count). The Morgan fingerprint density at radius 3 is 2.21 bits per heavy atom. The van der Waals surface area contributed by atoms with Crippen molar-refractivity contribution in [3.05, 3.63) is 24.3 Å². The van der Waals surface area contributed by atoms with Gasteiger partial charge in [-0.15, -0.1) is 0 Å². The summed E-state index contributed by atoms with van der Waals surface area (Å²) >= 11 is 0. The van der Waals surface area contributed by atoms with Crippen molar-refractivity contribution in [3.63, 3.8) is 0 Å². The smallest absolute Gasteiger partial charge is 0.475 e. The summed E-state index contributed by atoms with van der Waals surface area (Å²) in [5, 5.41) is 10.2. The maximum absolute atomic E-state index is 12.6. The van der Waals surface area contributed by atoms with Crippen LogP contribution in [0.1, 0.15) is 0 Å². The number of benzene rings is 1. The molecule has 0 atom stereocenters. The van der Waals surface area contributed by atoms with Crippen molar-refractivity contribution in [2.75, 3.05) is 32.8 Å². The second kappa shape index (κ2) is 8.77. The molecule has 2 N–H and O–H groups in total. The van der Waals surface area contributed by atoms with Crippen LogP contribution in [0.15, 0.2) is 29.2 Å². The minimum absolute atomic E-state index is 0.0541. The number of carboxylic acids is 1. The lowest BCUT2D eigenvalue weighted by molar-refractivity contribution is -0.192. The first-order chi connectivity index (χ1) is 13.4. The number of rotatable bonds is 4. The van der Waals surface area contributed by atoms with Crippen molar-refractivity contribution in [3.8, 4) is 5.75 Å². The first kappa shape index (κ1) is 23.3. The van der Waals surface area contributed by atoms with Gasteiger partial charge in [0.15, 0.2) is 0 Å². The van der Waals surface area contributed by atoms with Crippen molar-refractivity contribution >= 4 is 16.0 Å². The molecule has 2 fully saturated rings. The maximum Gasteiger partial charge on any atom is 0.490 e. The highest BCUT2D eigenvalue weighted by Gasteiger charge is 2.45. The van der Waals surface area contributed by atoms with Crippen LogP contribution in [0.3, 0.4) is 0 Å². The molecule has 164 valence electrons. The molecule has 0 aliphatic carbocycles. The Balaban J connectivity index is 0.000000370. The molecule has 0 radical (unpaired) electrons. The molecule has 0 unspecified atom stereocenters. The number of carbonyl (C=O) groups is 1. The maximum atomic E-state index is 12.6. The summed E-state index contributed by atoms with van der Waals surface area (Å²) in [6.07, 6.45) is -5.08. The molecule has 2 aliphatic heterocycles. The largest absolute Gasteiger partial charge is 0.490 e. The van der Waals surface area contributed by atoms with E-state index in [4.69, 9.17) is 14.6 Å². The average Bonchev–Trinajstić information content (AvgIpc) is 2.60. The molecule has 2 saturated heterocycles. The van der Waals surface area contributed by atoms with Crippen molar-refractivity contribution in [2.24, 2.45) is 0 Å². The summed E-state index contributed by atoms with van der Waals surface area (Å²) in [4.78, 5) is 8.95. The van der Waals surface area contributed by atoms with Gasteiger partial charge >= 0.3 is 18.8 Å². The van der Waals surface area contributed by atoms with Gasteiger partial charge in [-0.25, -0.2) is 13.2 Å². The van der Waals surface area contributed by atoms with Gasteiger partial charge in [-0.2, -0.15) is 26.3 Å². The van der Waals surface area contributed by atoms with Crippen molar-refractivity contribution in [2.45, 2.75) is 23.3 Å². The third-order valence-corrected chi connectivity index (χ3v) is 5.90. The van der Waals surface area contributed by atoms with Gasteiger partial charge in [0, 0.05) is 26.2 Å². The van der Waals surface area contributed by atoms with Gasteiger partial charge in [-0.3, -0.25) is 0 Å². The van der Waals surface area contributed by atoms with Gasteiger partial charge in [0.05, 0.1) is 11.5 Å². The van der Waals surface area contributed by atoms with Gasteiger partial charge in [0.1, 0.15) is 11.4 Å². The Kier molecular flexibility index (Phi) is 7.03. The van der Waals surface area contributed by atoms with Gasteiger partial charge in [-0.1, -0.05) is 0 Å². The Bertz CT molecular complexity index is 811. The first-order valence-corrected chi connectivity index (χ1v) is 9.50. The van der Waals surface area contributed by atoms with E-state index in [2.05, 4.69) is 10.1 Å². The third-order valence-electron chi connectivity index (χ3n) is 4.04. The number of hydrogen-bond acceptors (Lipinski definition) is 6. The molecule has 0 amide bonds. The predicted molar refractivity (Wildman–Crippen MR) is 87.1 cm³/mol. The van der Waals surface area contributed by atoms with Crippen molar-refractivity contribution in [1.29, 1.82) is 0 Å². The van der Waals surface area contributed by atoms with Crippen LogP contribution in [0.25, 0.3) is 0 Å². The number of nitrogens with zero attached hydrogens (tertiary/aromatic N) is 1. The summed E-state index contributed by atoms with van der Waals surface area (Å²) in [6, 6.07) is 4.99. The van der Waals surface area contributed by atoms with E-state index in [1.165, 1.54) is 28.6 Å². The minimum atomic E-state index is -5.08. The van der Waals surface area contributed by atoms with Crippen LogP contribution < -0.4 is 10.1 Å². The number of halogens is 5. The zero-order valence-corrected chi connectivity index (χ0v) is 15.5. The fraction of sp³-hybridized carbons (Fsp3) is 0.533. The summed E-state index contributed by atoms with van der Waals surface area (Å²) < 4.78 is 92.4. The van der Waals surface area contributed by atoms with Crippen molar-refractivity contribution in [1.82, 2.24) is 9.62 Å². The quantitative estimate of drug-likeness (QED) is 0.669. The highest BCUT2D eigenvalue weighted by atomic mass is 32.2. The fourth-order valence-corrected chi connectivity index (χ4v) is 4.07. The molecule has 8 nitrogen and oxygen atoms in total. The van der Waals surface area contributed by atoms with Gasteiger partial charge in [0.25, 0.3) is 0 Å². The van der Waals surface area contributed by atoms with Crippen LogP contribution in [0.2, 0.25) is 0 Å². The number of alkyl halides is 5. The molecule has 14 heteroatoms. The lowest BCUT2D eigenvalue weighted by atomic mass is 9.96. The van der Waals surface area contributed by atoms with E-state index in [-0.39, 0.29) is 23.7 Å². The monoisotopic (exact) mass is 448 g/mol. The predicted octanol–water partition coefficient (Wildman–Crippen LogP) is 1.28. The summed E-state index contributed by atoms with van der Waals surface area (Å²) in [6.45, 7) is -0.780. The number of aliphatic carboxylic acids is 1. The number of nitrogens with one attached hydrogen (secondary N) is 1. The summed E-state index contributed by atoms with van der Waals surface area (Å²) in [7, 11) is -3.67. The molecule has 2 heterocycles. The Morgan fingerprint density at radius 1 is 1.24 bits per heavy atom. The molecule has 0 bridgehead atoms. The normalized spacial score (nSPS) is 19.2. The van der Waals surface area contributed by atoms with Crippen molar-refractivity contribution < 1.29 is 49.7 Å². The molecule has 29 heavy (non-hydrogen) atoms. The van der Waals surface area contributed by atoms with E-state index >= 15 is 0 Å². The minimum Gasteiger partial charge on any atom is -0.475 e. The van der Waals surface area contributed by atoms with E-state index in [1.54, 1.807) is 0 Å². The van der Waals surface area contributed by atoms with E-state index in [0.717, 1.165) is 0 Å². The number of ether oxygens (including phenoxy) is 2. The first-order valence-electron chi connectivity index (χ1n) is 8.06. The topological polar surface area (TPSA) is 105 Å². The second-order valence-electron chi connectivity index (χ2n) is 6.13. The van der Waals surface area contributed by atoms with Crippen LogP contribution in [0.4, 0.5) is 22.0 Å². The fourth-order valence-electron chi connectivity index (χ4n) is 2.58. The number of carboxylic acid groups (broad SMARTS) is 1. The summed E-state index contributed by atoms with van der Waals surface area (Å²) in [5.74, 6) is -2.83. The Labute approximate surface area is 162 Å². The van der Waals surface area contributed by atoms with E-state index in [0.29, 0.717) is 19.7 Å². The van der Waals surface area contributed by atoms with E-state index in [9.17, 15) is 30.4 Å². The number of sulfonamides is 1. The Morgan fingerprint density at radius 2 is 1.79 bits per heavy atom. The van der Waals surface area contributed by atoms with E-state index in [1.807, 2.05) is 0 Å². The molecule has 0 aromatic heterocycles. The molecule has 1 aromatic carbocycles. The average molecular weight is 448 g/mol. The standard InChI is InChI=1S/C13H16F2N2O4S.C2HF3O2/c14-12(15)21-10-1-3-11(4-2-10)22(18,19)17-5-6-20-13(9-17)7-16-8-13;3-2(4,5)1(6)7/h1-4,12,16H,5-9H2;(H,6,7). The van der Waals surface area contributed by atoms with Crippen LogP contribution >= 0.6 is 0 Å². The molecule has 1 spiro atoms. The molecule has 2 aliphatic rings. The highest BCUT2D eigenvalue weighted by Crippen LogP contribution is 2.27.